The first-order valence-electron chi connectivity index (χ1n) is 10.8. The fourth-order valence-corrected chi connectivity index (χ4v) is 3.95. The van der Waals surface area contributed by atoms with Crippen LogP contribution < -0.4 is 20.3 Å². The molecule has 7 nitrogen and oxygen atoms in total. The Morgan fingerprint density at radius 1 is 1.03 bits per heavy atom. The zero-order valence-electron chi connectivity index (χ0n) is 18.8. The van der Waals surface area contributed by atoms with Crippen LogP contribution in [0.4, 0.5) is 17.1 Å². The quantitative estimate of drug-likeness (QED) is 0.528. The fraction of sp³-hybridized carbons (Fsp3) is 0.192. The van der Waals surface area contributed by atoms with Crippen LogP contribution in [0.15, 0.2) is 66.7 Å². The standard InChI is InChI=1S/C26H24ClN3O4/c1-16-7-10-19(14-22(16)27)30-15-17(13-24(30)31)25(32)29-23-6-4-3-5-21(23)26(33)28-18-8-11-20(34-2)12-9-18/h3-12,14,17H,13,15H2,1-2H3,(H,28,33)(H,29,32). The summed E-state index contributed by atoms with van der Waals surface area (Å²) >= 11 is 6.21. The molecule has 3 aromatic rings. The maximum absolute atomic E-state index is 13.0. The molecular formula is C26H24ClN3O4. The van der Waals surface area contributed by atoms with Crippen LogP contribution in [-0.4, -0.2) is 31.4 Å². The van der Waals surface area contributed by atoms with Gasteiger partial charge in [-0.15, -0.1) is 0 Å². The Morgan fingerprint density at radius 2 is 1.76 bits per heavy atom. The van der Waals surface area contributed by atoms with Crippen LogP contribution in [0.5, 0.6) is 5.75 Å². The number of hydrogen-bond acceptors (Lipinski definition) is 4. The van der Waals surface area contributed by atoms with E-state index in [9.17, 15) is 14.4 Å². The maximum Gasteiger partial charge on any atom is 0.257 e. The Morgan fingerprint density at radius 3 is 2.47 bits per heavy atom. The summed E-state index contributed by atoms with van der Waals surface area (Å²) in [7, 11) is 1.57. The van der Waals surface area contributed by atoms with Crippen molar-refractivity contribution in [1.29, 1.82) is 0 Å². The SMILES string of the molecule is COc1ccc(NC(=O)c2ccccc2NC(=O)C2CC(=O)N(c3ccc(C)c(Cl)c3)C2)cc1. The van der Waals surface area contributed by atoms with E-state index in [1.54, 1.807) is 66.6 Å². The minimum absolute atomic E-state index is 0.0809. The highest BCUT2D eigenvalue weighted by atomic mass is 35.5. The molecule has 2 N–H and O–H groups in total. The summed E-state index contributed by atoms with van der Waals surface area (Å²) in [6.45, 7) is 2.13. The molecule has 4 rings (SSSR count). The highest BCUT2D eigenvalue weighted by molar-refractivity contribution is 6.31. The van der Waals surface area contributed by atoms with Crippen LogP contribution in [0.2, 0.25) is 5.02 Å². The molecule has 1 saturated heterocycles. The number of halogens is 1. The Kier molecular flexibility index (Phi) is 6.84. The molecule has 3 amide bonds. The number of para-hydroxylation sites is 1. The number of carbonyl (C=O) groups excluding carboxylic acids is 3. The number of carbonyl (C=O) groups is 3. The average Bonchev–Trinajstić information content (AvgIpc) is 3.23. The summed E-state index contributed by atoms with van der Waals surface area (Å²) in [4.78, 5) is 40.0. The summed E-state index contributed by atoms with van der Waals surface area (Å²) in [5.41, 5.74) is 2.87. The van der Waals surface area contributed by atoms with Crippen molar-refractivity contribution in [2.24, 2.45) is 5.92 Å². The van der Waals surface area contributed by atoms with Crippen LogP contribution in [0.1, 0.15) is 22.3 Å². The van der Waals surface area contributed by atoms with Gasteiger partial charge in [0.25, 0.3) is 5.91 Å². The van der Waals surface area contributed by atoms with E-state index in [1.807, 2.05) is 19.1 Å². The summed E-state index contributed by atoms with van der Waals surface area (Å²) in [6.07, 6.45) is 0.0809. The molecule has 0 aliphatic carbocycles. The number of aryl methyl sites for hydroxylation is 1. The van der Waals surface area contributed by atoms with Gasteiger partial charge in [0.05, 0.1) is 24.3 Å². The number of methoxy groups -OCH3 is 1. The van der Waals surface area contributed by atoms with E-state index in [1.165, 1.54) is 0 Å². The van der Waals surface area contributed by atoms with E-state index in [0.717, 1.165) is 5.56 Å². The number of ether oxygens (including phenoxy) is 1. The molecule has 0 aromatic heterocycles. The fourth-order valence-electron chi connectivity index (χ4n) is 3.78. The van der Waals surface area contributed by atoms with Gasteiger partial charge in [0.15, 0.2) is 0 Å². The third-order valence-corrected chi connectivity index (χ3v) is 6.15. The van der Waals surface area contributed by atoms with Crippen molar-refractivity contribution in [2.75, 3.05) is 29.2 Å². The van der Waals surface area contributed by atoms with Crippen molar-refractivity contribution in [3.8, 4) is 5.75 Å². The summed E-state index contributed by atoms with van der Waals surface area (Å²) in [5, 5.41) is 6.21. The molecule has 1 heterocycles. The van der Waals surface area contributed by atoms with Crippen LogP contribution in [0, 0.1) is 12.8 Å². The van der Waals surface area contributed by atoms with Gasteiger partial charge in [0.2, 0.25) is 11.8 Å². The van der Waals surface area contributed by atoms with Gasteiger partial charge in [-0.2, -0.15) is 0 Å². The number of amides is 3. The van der Waals surface area contributed by atoms with Gasteiger partial charge in [-0.3, -0.25) is 14.4 Å². The minimum atomic E-state index is -0.551. The first kappa shape index (κ1) is 23.3. The van der Waals surface area contributed by atoms with E-state index in [-0.39, 0.29) is 30.7 Å². The Bertz CT molecular complexity index is 1240. The van der Waals surface area contributed by atoms with Gasteiger partial charge >= 0.3 is 0 Å². The topological polar surface area (TPSA) is 87.7 Å². The van der Waals surface area contributed by atoms with Crippen molar-refractivity contribution in [1.82, 2.24) is 0 Å². The second-order valence-electron chi connectivity index (χ2n) is 8.06. The molecule has 1 atom stereocenters. The summed E-state index contributed by atoms with van der Waals surface area (Å²) < 4.78 is 5.13. The molecule has 1 aliphatic rings. The first-order chi connectivity index (χ1) is 16.4. The van der Waals surface area contributed by atoms with Crippen molar-refractivity contribution in [3.63, 3.8) is 0 Å². The normalized spacial score (nSPS) is 15.2. The van der Waals surface area contributed by atoms with E-state index in [2.05, 4.69) is 10.6 Å². The van der Waals surface area contributed by atoms with Crippen molar-refractivity contribution < 1.29 is 19.1 Å². The number of nitrogens with one attached hydrogen (secondary N) is 2. The van der Waals surface area contributed by atoms with Gasteiger partial charge in [-0.05, 0) is 61.0 Å². The lowest BCUT2D eigenvalue weighted by molar-refractivity contribution is -0.122. The second-order valence-corrected chi connectivity index (χ2v) is 8.46. The maximum atomic E-state index is 13.0. The molecular weight excluding hydrogens is 454 g/mol. The van der Waals surface area contributed by atoms with Gasteiger partial charge in [-0.25, -0.2) is 0 Å². The number of rotatable bonds is 6. The summed E-state index contributed by atoms with van der Waals surface area (Å²) in [5.74, 6) is -0.701. The molecule has 3 aromatic carbocycles. The van der Waals surface area contributed by atoms with Crippen LogP contribution >= 0.6 is 11.6 Å². The molecule has 0 spiro atoms. The Balaban J connectivity index is 1.45. The molecule has 34 heavy (non-hydrogen) atoms. The number of nitrogens with zero attached hydrogens (tertiary/aromatic N) is 1. The van der Waals surface area contributed by atoms with E-state index in [4.69, 9.17) is 16.3 Å². The predicted molar refractivity (Wildman–Crippen MR) is 133 cm³/mol. The Labute approximate surface area is 202 Å². The average molecular weight is 478 g/mol. The van der Waals surface area contributed by atoms with Crippen LogP contribution in [-0.2, 0) is 9.59 Å². The van der Waals surface area contributed by atoms with Crippen LogP contribution in [0.3, 0.4) is 0 Å². The van der Waals surface area contributed by atoms with E-state index >= 15 is 0 Å². The smallest absolute Gasteiger partial charge is 0.257 e. The lowest BCUT2D eigenvalue weighted by Gasteiger charge is -2.18. The van der Waals surface area contributed by atoms with Crippen molar-refractivity contribution >= 4 is 46.4 Å². The van der Waals surface area contributed by atoms with Crippen LogP contribution in [0.25, 0.3) is 0 Å². The number of benzene rings is 3. The third kappa shape index (κ3) is 5.05. The largest absolute Gasteiger partial charge is 0.497 e. The lowest BCUT2D eigenvalue weighted by atomic mass is 10.1. The molecule has 1 fully saturated rings. The van der Waals surface area contributed by atoms with Gasteiger partial charge < -0.3 is 20.3 Å². The molecule has 0 bridgehead atoms. The van der Waals surface area contributed by atoms with Gasteiger partial charge in [-0.1, -0.05) is 29.8 Å². The van der Waals surface area contributed by atoms with E-state index < -0.39 is 5.92 Å². The second kappa shape index (κ2) is 9.97. The number of anilines is 3. The monoisotopic (exact) mass is 477 g/mol. The Hall–Kier alpha value is -3.84. The van der Waals surface area contributed by atoms with E-state index in [0.29, 0.717) is 33.4 Å². The first-order valence-corrected chi connectivity index (χ1v) is 11.2. The minimum Gasteiger partial charge on any atom is -0.497 e. The lowest BCUT2D eigenvalue weighted by Crippen LogP contribution is -2.28. The summed E-state index contributed by atoms with van der Waals surface area (Å²) in [6, 6.07) is 19.1. The molecule has 1 unspecified atom stereocenters. The van der Waals surface area contributed by atoms with Crippen molar-refractivity contribution in [2.45, 2.75) is 13.3 Å². The zero-order valence-corrected chi connectivity index (χ0v) is 19.6. The van der Waals surface area contributed by atoms with Gasteiger partial charge in [0.1, 0.15) is 5.75 Å². The molecule has 1 aliphatic heterocycles. The highest BCUT2D eigenvalue weighted by Crippen LogP contribution is 2.30. The molecule has 0 radical (unpaired) electrons. The molecule has 174 valence electrons. The predicted octanol–water partition coefficient (Wildman–Crippen LogP) is 4.90. The molecule has 8 heteroatoms. The van der Waals surface area contributed by atoms with Crippen molar-refractivity contribution in [3.05, 3.63) is 82.9 Å². The third-order valence-electron chi connectivity index (χ3n) is 5.74. The van der Waals surface area contributed by atoms with Gasteiger partial charge in [0, 0.05) is 29.4 Å². The zero-order chi connectivity index (χ0) is 24.2. The number of hydrogen-bond donors (Lipinski definition) is 2. The highest BCUT2D eigenvalue weighted by Gasteiger charge is 2.35. The molecule has 0 saturated carbocycles.